The lowest BCUT2D eigenvalue weighted by Crippen LogP contribution is -2.51. The maximum atomic E-state index is 13.2. The number of carbonyl (C=O) groups is 1. The summed E-state index contributed by atoms with van der Waals surface area (Å²) in [5, 5.41) is 13.8. The van der Waals surface area contributed by atoms with Gasteiger partial charge in [-0.25, -0.2) is 4.98 Å². The highest BCUT2D eigenvalue weighted by atomic mass is 32.1. The number of hydrogen-bond donors (Lipinski definition) is 1. The van der Waals surface area contributed by atoms with Crippen LogP contribution in [0.2, 0.25) is 0 Å². The Morgan fingerprint density at radius 2 is 1.97 bits per heavy atom. The van der Waals surface area contributed by atoms with Gasteiger partial charge < -0.3 is 5.11 Å². The summed E-state index contributed by atoms with van der Waals surface area (Å²) in [5.74, 6) is 4.66. The van der Waals surface area contributed by atoms with E-state index in [2.05, 4.69) is 18.8 Å². The van der Waals surface area contributed by atoms with Gasteiger partial charge in [0.1, 0.15) is 5.78 Å². The molecular weight excluding hydrogens is 378 g/mol. The number of carbonyl (C=O) groups excluding carboxylic acids is 1. The van der Waals surface area contributed by atoms with Crippen LogP contribution in [0.15, 0.2) is 11.6 Å². The molecule has 5 rings (SSSR count). The molecule has 4 fully saturated rings. The van der Waals surface area contributed by atoms with Crippen LogP contribution in [0.5, 0.6) is 0 Å². The van der Waals surface area contributed by atoms with Crippen molar-refractivity contribution >= 4 is 17.1 Å². The van der Waals surface area contributed by atoms with Crippen LogP contribution in [0.3, 0.4) is 0 Å². The maximum absolute atomic E-state index is 13.2. The second-order valence-electron chi connectivity index (χ2n) is 11.0. The molecule has 4 heteroatoms. The van der Waals surface area contributed by atoms with Gasteiger partial charge in [-0.2, -0.15) is 0 Å². The lowest BCUT2D eigenvalue weighted by Gasteiger charge is -2.57. The number of aliphatic hydroxyl groups is 1. The number of thiazole rings is 1. The lowest BCUT2D eigenvalue weighted by molar-refractivity contribution is -0.132. The Balaban J connectivity index is 1.31. The molecule has 1 aromatic rings. The summed E-state index contributed by atoms with van der Waals surface area (Å²) >= 11 is 1.62. The lowest BCUT2D eigenvalue weighted by atomic mass is 9.48. The second kappa shape index (κ2) is 7.44. The van der Waals surface area contributed by atoms with Gasteiger partial charge in [0.15, 0.2) is 0 Å². The molecule has 1 N–H and O–H groups in total. The van der Waals surface area contributed by atoms with Crippen LogP contribution in [0.25, 0.3) is 0 Å². The van der Waals surface area contributed by atoms with E-state index in [-0.39, 0.29) is 11.3 Å². The fourth-order valence-corrected chi connectivity index (χ4v) is 9.05. The second-order valence-corrected chi connectivity index (χ2v) is 12.0. The molecule has 160 valence electrons. The molecule has 0 saturated heterocycles. The van der Waals surface area contributed by atoms with E-state index >= 15 is 0 Å². The molecular formula is C25H37NO2S. The average molecular weight is 416 g/mol. The Hall–Kier alpha value is -0.740. The molecule has 29 heavy (non-hydrogen) atoms. The number of rotatable bonds is 4. The van der Waals surface area contributed by atoms with Crippen molar-refractivity contribution in [3.63, 3.8) is 0 Å². The predicted octanol–water partition coefficient (Wildman–Crippen LogP) is 5.66. The molecule has 4 saturated carbocycles. The minimum atomic E-state index is -0.391. The van der Waals surface area contributed by atoms with Crippen LogP contribution in [0.4, 0.5) is 0 Å². The predicted molar refractivity (Wildman–Crippen MR) is 117 cm³/mol. The molecule has 1 aromatic heterocycles. The summed E-state index contributed by atoms with van der Waals surface area (Å²) in [6, 6.07) is 0. The normalized spacial score (nSPS) is 46.6. The topological polar surface area (TPSA) is 50.2 Å². The monoisotopic (exact) mass is 415 g/mol. The zero-order valence-electron chi connectivity index (χ0n) is 18.1. The molecule has 0 spiro atoms. The molecule has 0 unspecified atom stereocenters. The number of fused-ring (bicyclic) bond motifs is 5. The number of nitrogens with zero attached hydrogens (tertiary/aromatic N) is 1. The summed E-state index contributed by atoms with van der Waals surface area (Å²) in [5.41, 5.74) is -0.181. The molecule has 3 nitrogen and oxygen atoms in total. The number of ketones is 1. The minimum Gasteiger partial charge on any atom is -0.390 e. The summed E-state index contributed by atoms with van der Waals surface area (Å²) in [4.78, 5) is 17.6. The molecule has 0 bridgehead atoms. The largest absolute Gasteiger partial charge is 0.390 e. The first-order valence-electron chi connectivity index (χ1n) is 12.1. The van der Waals surface area contributed by atoms with Crippen LogP contribution in [-0.4, -0.2) is 21.5 Å². The molecule has 0 aromatic carbocycles. The van der Waals surface area contributed by atoms with E-state index in [1.165, 1.54) is 38.5 Å². The van der Waals surface area contributed by atoms with E-state index in [1.54, 1.807) is 11.3 Å². The van der Waals surface area contributed by atoms with E-state index in [0.717, 1.165) is 60.3 Å². The minimum absolute atomic E-state index is 0.209. The highest BCUT2D eigenvalue weighted by Crippen LogP contribution is 2.64. The van der Waals surface area contributed by atoms with Crippen molar-refractivity contribution in [3.8, 4) is 0 Å². The zero-order chi connectivity index (χ0) is 20.2. The molecule has 1 heterocycles. The van der Waals surface area contributed by atoms with E-state index in [1.807, 2.05) is 11.6 Å². The molecule has 4 aliphatic carbocycles. The fourth-order valence-electron chi connectivity index (χ4n) is 8.43. The first-order chi connectivity index (χ1) is 13.9. The Labute approximate surface area is 179 Å². The highest BCUT2D eigenvalue weighted by molar-refractivity contribution is 7.09. The van der Waals surface area contributed by atoms with Gasteiger partial charge in [0.2, 0.25) is 0 Å². The van der Waals surface area contributed by atoms with Crippen LogP contribution >= 0.6 is 11.3 Å². The Bertz CT molecular complexity index is 748. The van der Waals surface area contributed by atoms with Gasteiger partial charge in [0.05, 0.1) is 17.0 Å². The van der Waals surface area contributed by atoms with Crippen molar-refractivity contribution in [1.29, 1.82) is 0 Å². The van der Waals surface area contributed by atoms with E-state index in [4.69, 9.17) is 0 Å². The summed E-state index contributed by atoms with van der Waals surface area (Å²) in [6.45, 7) is 4.60. The van der Waals surface area contributed by atoms with Crippen molar-refractivity contribution in [2.45, 2.75) is 90.1 Å². The van der Waals surface area contributed by atoms with Crippen LogP contribution in [0.1, 0.15) is 83.1 Å². The maximum Gasteiger partial charge on any atom is 0.143 e. The van der Waals surface area contributed by atoms with Gasteiger partial charge in [-0.05, 0) is 99.2 Å². The molecule has 4 aliphatic rings. The van der Waals surface area contributed by atoms with Crippen molar-refractivity contribution in [1.82, 2.24) is 4.98 Å². The van der Waals surface area contributed by atoms with Crippen LogP contribution in [-0.2, 0) is 11.2 Å². The van der Waals surface area contributed by atoms with Gasteiger partial charge in [0.25, 0.3) is 0 Å². The van der Waals surface area contributed by atoms with Crippen LogP contribution in [0, 0.1) is 40.9 Å². The standard InChI is InChI=1S/C25H37NO2S/c1-3-25(28)11-9-17-16(15-25)4-5-19-18(17)8-10-24(2)20(19)6-7-21(24)22(27)14-23-26-12-13-29-23/h12-13,16-21,28H,3-11,14-15H2,1-2H3/t16-,17-,18+,19+,20-,21+,24-,25+/m0/s1. The Morgan fingerprint density at radius 3 is 2.72 bits per heavy atom. The van der Waals surface area contributed by atoms with Crippen molar-refractivity contribution in [2.24, 2.45) is 40.9 Å². The van der Waals surface area contributed by atoms with Gasteiger partial charge in [-0.3, -0.25) is 4.79 Å². The number of Topliss-reactive ketones (excluding diaryl/α,β-unsaturated/α-hetero) is 1. The fraction of sp³-hybridized carbons (Fsp3) is 0.840. The summed E-state index contributed by atoms with van der Waals surface area (Å²) in [6.07, 6.45) is 14.1. The molecule has 0 aliphatic heterocycles. The third-order valence-electron chi connectivity index (χ3n) is 9.96. The van der Waals surface area contributed by atoms with Gasteiger partial charge in [-0.15, -0.1) is 11.3 Å². The molecule has 8 atom stereocenters. The average Bonchev–Trinajstić information content (AvgIpc) is 3.34. The van der Waals surface area contributed by atoms with Crippen molar-refractivity contribution < 1.29 is 9.90 Å². The quantitative estimate of drug-likeness (QED) is 0.690. The molecule has 0 radical (unpaired) electrons. The van der Waals surface area contributed by atoms with Crippen molar-refractivity contribution in [3.05, 3.63) is 16.6 Å². The third-order valence-corrected chi connectivity index (χ3v) is 10.7. The number of aromatic nitrogens is 1. The molecule has 0 amide bonds. The van der Waals surface area contributed by atoms with Gasteiger partial charge in [-0.1, -0.05) is 13.8 Å². The van der Waals surface area contributed by atoms with E-state index in [0.29, 0.717) is 12.2 Å². The SMILES string of the molecule is CC[C@@]1(O)CC[C@H]2[C@@H](CC[C@@H]3[C@@H]2CC[C@]2(C)[C@@H](C(=O)Cc4nccs4)CC[C@@H]32)C1. The Morgan fingerprint density at radius 1 is 1.14 bits per heavy atom. The van der Waals surface area contributed by atoms with Crippen molar-refractivity contribution in [2.75, 3.05) is 0 Å². The van der Waals surface area contributed by atoms with E-state index in [9.17, 15) is 9.90 Å². The smallest absolute Gasteiger partial charge is 0.143 e. The van der Waals surface area contributed by atoms with E-state index < -0.39 is 5.60 Å². The summed E-state index contributed by atoms with van der Waals surface area (Å²) < 4.78 is 0. The number of hydrogen-bond acceptors (Lipinski definition) is 4. The zero-order valence-corrected chi connectivity index (χ0v) is 18.9. The third kappa shape index (κ3) is 3.33. The summed E-state index contributed by atoms with van der Waals surface area (Å²) in [7, 11) is 0. The Kier molecular flexibility index (Phi) is 5.18. The van der Waals surface area contributed by atoms with Gasteiger partial charge >= 0.3 is 0 Å². The first-order valence-corrected chi connectivity index (χ1v) is 12.9. The van der Waals surface area contributed by atoms with Crippen LogP contribution < -0.4 is 0 Å². The highest BCUT2D eigenvalue weighted by Gasteiger charge is 2.58. The first kappa shape index (κ1) is 20.2. The van der Waals surface area contributed by atoms with Gasteiger partial charge in [0, 0.05) is 17.5 Å².